The number of hydrogen-bond acceptors (Lipinski definition) is 4. The third-order valence-corrected chi connectivity index (χ3v) is 2.32. The Labute approximate surface area is 119 Å². The van der Waals surface area contributed by atoms with Gasteiger partial charge in [0, 0.05) is 6.42 Å². The van der Waals surface area contributed by atoms with Gasteiger partial charge in [-0.2, -0.15) is 30.7 Å². The summed E-state index contributed by atoms with van der Waals surface area (Å²) < 4.78 is 96.2. The van der Waals surface area contributed by atoms with E-state index < -0.39 is 42.5 Å². The average Bonchev–Trinajstić information content (AvgIpc) is 2.36. The monoisotopic (exact) mass is 343 g/mol. The lowest BCUT2D eigenvalue weighted by molar-refractivity contribution is -0.356. The van der Waals surface area contributed by atoms with Crippen LogP contribution in [0.2, 0.25) is 0 Å². The zero-order chi connectivity index (χ0) is 17.8. The number of alkyl halides is 7. The fourth-order valence-electron chi connectivity index (χ4n) is 1.23. The number of alkyl carbamates (subject to hydrolysis) is 1. The third-order valence-electron chi connectivity index (χ3n) is 2.32. The Bertz CT molecular complexity index is 411. The van der Waals surface area contributed by atoms with Crippen molar-refractivity contribution in [2.75, 3.05) is 13.7 Å². The normalized spacial score (nSPS) is 14.2. The van der Waals surface area contributed by atoms with Gasteiger partial charge in [-0.3, -0.25) is 0 Å². The van der Waals surface area contributed by atoms with Crippen LogP contribution in [0.1, 0.15) is 13.3 Å². The van der Waals surface area contributed by atoms with E-state index >= 15 is 0 Å². The van der Waals surface area contributed by atoms with Crippen molar-refractivity contribution in [1.82, 2.24) is 5.32 Å². The fraction of sp³-hybridized carbons (Fsp3) is 0.800. The first kappa shape index (κ1) is 20.2. The first-order valence-electron chi connectivity index (χ1n) is 5.63. The van der Waals surface area contributed by atoms with Gasteiger partial charge in [0.2, 0.25) is 0 Å². The second-order valence-corrected chi connectivity index (χ2v) is 3.92. The minimum absolute atomic E-state index is 0.376. The van der Waals surface area contributed by atoms with Gasteiger partial charge in [0.25, 0.3) is 0 Å². The molecule has 0 aromatic rings. The first-order valence-corrected chi connectivity index (χ1v) is 5.63. The standard InChI is InChI=1S/C10H12F7NO4/c1-3-22-6(19)5(18-7(20)21-2)4-8(11,12)9(13,14)10(15,16)17/h5H,3-4H2,1-2H3,(H,18,20). The van der Waals surface area contributed by atoms with Gasteiger partial charge in [0.05, 0.1) is 13.7 Å². The van der Waals surface area contributed by atoms with E-state index in [9.17, 15) is 40.3 Å². The Morgan fingerprint density at radius 2 is 1.59 bits per heavy atom. The summed E-state index contributed by atoms with van der Waals surface area (Å²) in [6.45, 7) is 0.856. The highest BCUT2D eigenvalue weighted by Gasteiger charge is 2.73. The number of rotatable bonds is 6. The van der Waals surface area contributed by atoms with Crippen LogP contribution < -0.4 is 5.32 Å². The van der Waals surface area contributed by atoms with E-state index in [1.807, 2.05) is 0 Å². The molecule has 22 heavy (non-hydrogen) atoms. The summed E-state index contributed by atoms with van der Waals surface area (Å²) >= 11 is 0. The molecule has 0 spiro atoms. The van der Waals surface area contributed by atoms with Crippen molar-refractivity contribution in [2.45, 2.75) is 37.4 Å². The lowest BCUT2D eigenvalue weighted by Gasteiger charge is -2.30. The summed E-state index contributed by atoms with van der Waals surface area (Å²) in [6, 6.07) is -2.45. The summed E-state index contributed by atoms with van der Waals surface area (Å²) in [5.41, 5.74) is 0. The fourth-order valence-corrected chi connectivity index (χ4v) is 1.23. The van der Waals surface area contributed by atoms with Crippen LogP contribution in [0.3, 0.4) is 0 Å². The van der Waals surface area contributed by atoms with Crippen LogP contribution in [0.5, 0.6) is 0 Å². The minimum atomic E-state index is -6.54. The number of carbonyl (C=O) groups excluding carboxylic acids is 2. The molecule has 1 atom stereocenters. The molecule has 0 aromatic carbocycles. The van der Waals surface area contributed by atoms with Crippen LogP contribution in [-0.2, 0) is 14.3 Å². The average molecular weight is 343 g/mol. The number of hydrogen-bond donors (Lipinski definition) is 1. The Morgan fingerprint density at radius 1 is 1.09 bits per heavy atom. The van der Waals surface area contributed by atoms with E-state index in [4.69, 9.17) is 0 Å². The molecule has 0 saturated heterocycles. The van der Waals surface area contributed by atoms with Crippen molar-refractivity contribution in [2.24, 2.45) is 0 Å². The number of esters is 1. The van der Waals surface area contributed by atoms with Crippen molar-refractivity contribution in [1.29, 1.82) is 0 Å². The van der Waals surface area contributed by atoms with Crippen LogP contribution >= 0.6 is 0 Å². The molecule has 1 unspecified atom stereocenters. The predicted octanol–water partition coefficient (Wildman–Crippen LogP) is 2.50. The van der Waals surface area contributed by atoms with Crippen LogP contribution in [0.25, 0.3) is 0 Å². The molecule has 12 heteroatoms. The van der Waals surface area contributed by atoms with E-state index in [-0.39, 0.29) is 6.61 Å². The van der Waals surface area contributed by atoms with Crippen LogP contribution in [-0.4, -0.2) is 49.8 Å². The topological polar surface area (TPSA) is 64.6 Å². The summed E-state index contributed by atoms with van der Waals surface area (Å²) in [4.78, 5) is 22.2. The molecule has 0 aliphatic rings. The van der Waals surface area contributed by atoms with Crippen molar-refractivity contribution < 1.29 is 49.8 Å². The van der Waals surface area contributed by atoms with Crippen molar-refractivity contribution in [3.63, 3.8) is 0 Å². The lowest BCUT2D eigenvalue weighted by Crippen LogP contribution is -2.56. The Morgan fingerprint density at radius 3 is 1.95 bits per heavy atom. The zero-order valence-electron chi connectivity index (χ0n) is 11.3. The maximum absolute atomic E-state index is 13.2. The molecule has 0 radical (unpaired) electrons. The number of carbonyl (C=O) groups is 2. The molecule has 0 rings (SSSR count). The van der Waals surface area contributed by atoms with E-state index in [1.54, 1.807) is 0 Å². The second kappa shape index (κ2) is 7.01. The van der Waals surface area contributed by atoms with Gasteiger partial charge in [-0.05, 0) is 6.92 Å². The highest BCUT2D eigenvalue weighted by molar-refractivity contribution is 5.81. The zero-order valence-corrected chi connectivity index (χ0v) is 11.3. The highest BCUT2D eigenvalue weighted by Crippen LogP contribution is 2.48. The molecule has 1 N–H and O–H groups in total. The van der Waals surface area contributed by atoms with Crippen molar-refractivity contribution >= 4 is 12.1 Å². The van der Waals surface area contributed by atoms with Crippen molar-refractivity contribution in [3.8, 4) is 0 Å². The maximum atomic E-state index is 13.2. The van der Waals surface area contributed by atoms with E-state index in [2.05, 4.69) is 9.47 Å². The lowest BCUT2D eigenvalue weighted by atomic mass is 10.0. The molecule has 0 heterocycles. The van der Waals surface area contributed by atoms with Crippen molar-refractivity contribution in [3.05, 3.63) is 0 Å². The molecule has 5 nitrogen and oxygen atoms in total. The Balaban J connectivity index is 5.35. The Kier molecular flexibility index (Phi) is 6.45. The highest BCUT2D eigenvalue weighted by atomic mass is 19.4. The number of ether oxygens (including phenoxy) is 2. The molecule has 0 aromatic heterocycles. The van der Waals surface area contributed by atoms with Crippen LogP contribution in [0.4, 0.5) is 35.5 Å². The van der Waals surface area contributed by atoms with Crippen LogP contribution in [0, 0.1) is 0 Å². The van der Waals surface area contributed by atoms with Gasteiger partial charge in [-0.15, -0.1) is 0 Å². The maximum Gasteiger partial charge on any atom is 0.459 e. The predicted molar refractivity (Wildman–Crippen MR) is 56.5 cm³/mol. The van der Waals surface area contributed by atoms with Gasteiger partial charge in [0.15, 0.2) is 0 Å². The van der Waals surface area contributed by atoms with Gasteiger partial charge >= 0.3 is 30.1 Å². The summed E-state index contributed by atoms with van der Waals surface area (Å²) in [5.74, 6) is -13.7. The molecule has 0 aliphatic carbocycles. The largest absolute Gasteiger partial charge is 0.464 e. The molecular formula is C10H12F7NO4. The minimum Gasteiger partial charge on any atom is -0.464 e. The van der Waals surface area contributed by atoms with E-state index in [1.165, 1.54) is 12.2 Å². The number of methoxy groups -OCH3 is 1. The molecule has 130 valence electrons. The quantitative estimate of drug-likeness (QED) is 0.595. The summed E-state index contributed by atoms with van der Waals surface area (Å²) in [5, 5.41) is 1.41. The summed E-state index contributed by atoms with van der Waals surface area (Å²) in [6.07, 6.45) is -10.3. The molecular weight excluding hydrogens is 331 g/mol. The summed E-state index contributed by atoms with van der Waals surface area (Å²) in [7, 11) is 0.764. The number of nitrogens with one attached hydrogen (secondary N) is 1. The number of halogens is 7. The molecule has 0 aliphatic heterocycles. The smallest absolute Gasteiger partial charge is 0.459 e. The second-order valence-electron chi connectivity index (χ2n) is 3.92. The van der Waals surface area contributed by atoms with E-state index in [0.717, 1.165) is 7.11 Å². The van der Waals surface area contributed by atoms with Crippen LogP contribution in [0.15, 0.2) is 0 Å². The molecule has 0 fully saturated rings. The SMILES string of the molecule is CCOC(=O)C(CC(F)(F)C(F)(F)C(F)(F)F)NC(=O)OC. The van der Waals surface area contributed by atoms with Gasteiger partial charge in [0.1, 0.15) is 6.04 Å². The van der Waals surface area contributed by atoms with E-state index in [0.29, 0.717) is 0 Å². The van der Waals surface area contributed by atoms with Gasteiger partial charge in [-0.1, -0.05) is 0 Å². The number of amides is 1. The Hall–Kier alpha value is -1.75. The van der Waals surface area contributed by atoms with Gasteiger partial charge in [-0.25, -0.2) is 9.59 Å². The molecule has 0 saturated carbocycles. The van der Waals surface area contributed by atoms with Gasteiger partial charge < -0.3 is 14.8 Å². The molecule has 1 amide bonds. The third kappa shape index (κ3) is 4.63. The molecule has 0 bridgehead atoms. The first-order chi connectivity index (χ1) is 9.80.